The third-order valence-corrected chi connectivity index (χ3v) is 8.46. The molecule has 0 amide bonds. The molecule has 2 fully saturated rings. The van der Waals surface area contributed by atoms with Gasteiger partial charge in [0.15, 0.2) is 5.78 Å². The zero-order valence-corrected chi connectivity index (χ0v) is 22.3. The summed E-state index contributed by atoms with van der Waals surface area (Å²) in [5.74, 6) is 0.956. The molecule has 2 aromatic heterocycles. The van der Waals surface area contributed by atoms with Crippen molar-refractivity contribution in [2.24, 2.45) is 0 Å². The number of halogens is 1. The fourth-order valence-electron chi connectivity index (χ4n) is 5.56. The number of aromatic amines is 1. The zero-order chi connectivity index (χ0) is 25.2. The van der Waals surface area contributed by atoms with E-state index in [4.69, 9.17) is 16.3 Å². The summed E-state index contributed by atoms with van der Waals surface area (Å²) in [7, 11) is 0. The van der Waals surface area contributed by atoms with Crippen LogP contribution in [0.2, 0.25) is 5.02 Å². The van der Waals surface area contributed by atoms with E-state index in [1.54, 1.807) is 11.3 Å². The number of ketones is 1. The molecule has 2 saturated heterocycles. The van der Waals surface area contributed by atoms with E-state index in [-0.39, 0.29) is 17.9 Å². The van der Waals surface area contributed by atoms with Gasteiger partial charge in [-0.25, -0.2) is 0 Å². The molecule has 6 nitrogen and oxygen atoms in total. The Hall–Kier alpha value is -2.71. The van der Waals surface area contributed by atoms with Crippen molar-refractivity contribution < 1.29 is 9.53 Å². The number of ether oxygens (including phenoxy) is 1. The number of hydrogen-bond acceptors (Lipinski definition) is 6. The van der Waals surface area contributed by atoms with Crippen LogP contribution >= 0.6 is 22.9 Å². The number of rotatable bonds is 8. The largest absolute Gasteiger partial charge is 0.489 e. The Morgan fingerprint density at radius 1 is 1.14 bits per heavy atom. The average Bonchev–Trinajstić information content (AvgIpc) is 3.69. The van der Waals surface area contributed by atoms with Crippen LogP contribution in [0.5, 0.6) is 5.75 Å². The minimum atomic E-state index is -0.167. The second kappa shape index (κ2) is 11.0. The number of H-pyrrole nitrogens is 1. The molecule has 1 unspecified atom stereocenters. The van der Waals surface area contributed by atoms with Crippen LogP contribution < -0.4 is 10.1 Å². The molecule has 0 saturated carbocycles. The van der Waals surface area contributed by atoms with Gasteiger partial charge in [0.2, 0.25) is 0 Å². The van der Waals surface area contributed by atoms with E-state index in [2.05, 4.69) is 43.3 Å². The molecule has 2 aliphatic rings. The number of likely N-dealkylation sites (tertiary alicyclic amines) is 1. The Morgan fingerprint density at radius 2 is 1.97 bits per heavy atom. The van der Waals surface area contributed by atoms with Gasteiger partial charge in [-0.3, -0.25) is 14.8 Å². The number of hydrogen-bond donors (Lipinski definition) is 2. The highest BCUT2D eigenvalue weighted by Crippen LogP contribution is 2.35. The van der Waals surface area contributed by atoms with Crippen LogP contribution in [-0.4, -0.2) is 53.2 Å². The van der Waals surface area contributed by atoms with Gasteiger partial charge < -0.3 is 10.1 Å². The van der Waals surface area contributed by atoms with Crippen molar-refractivity contribution in [3.05, 3.63) is 69.4 Å². The number of carbonyl (C=O) groups excluding carboxylic acids is 1. The van der Waals surface area contributed by atoms with Crippen LogP contribution in [0.25, 0.3) is 22.2 Å². The van der Waals surface area contributed by atoms with Crippen molar-refractivity contribution in [3.63, 3.8) is 0 Å². The predicted octanol–water partition coefficient (Wildman–Crippen LogP) is 6.02. The van der Waals surface area contributed by atoms with Crippen LogP contribution in [0, 0.1) is 0 Å². The molecule has 4 heterocycles. The lowest BCUT2D eigenvalue weighted by Crippen LogP contribution is -2.34. The first-order chi connectivity index (χ1) is 18.2. The minimum Gasteiger partial charge on any atom is -0.489 e. The Morgan fingerprint density at radius 3 is 2.73 bits per heavy atom. The standard InChI is InChI=1S/C29H31ClN4O2S/c30-24-17-20(4-6-27(24)36-22-7-10-31-11-8-22)28-23-15-19(3-5-25(23)32-33-28)16-26(35)29(21-9-14-37-18-21)34-12-1-2-13-34/h3-6,9,14-15,17-18,22,29,31H,1-2,7-8,10-13,16H2,(H,32,33). The molecule has 1 atom stereocenters. The summed E-state index contributed by atoms with van der Waals surface area (Å²) in [6, 6.07) is 13.9. The van der Waals surface area contributed by atoms with Gasteiger partial charge in [0.1, 0.15) is 11.9 Å². The number of nitrogens with one attached hydrogen (secondary N) is 2. The molecule has 0 bridgehead atoms. The Labute approximate surface area is 226 Å². The van der Waals surface area contributed by atoms with Gasteiger partial charge in [0, 0.05) is 17.4 Å². The average molecular weight is 535 g/mol. The summed E-state index contributed by atoms with van der Waals surface area (Å²) < 4.78 is 6.16. The number of fused-ring (bicyclic) bond motifs is 1. The van der Waals surface area contributed by atoms with E-state index in [9.17, 15) is 4.79 Å². The Bertz CT molecular complexity index is 1370. The lowest BCUT2D eigenvalue weighted by Gasteiger charge is -2.26. The topological polar surface area (TPSA) is 70.2 Å². The quantitative estimate of drug-likeness (QED) is 0.289. The van der Waals surface area contributed by atoms with Gasteiger partial charge in [-0.05, 0) is 110 Å². The molecular formula is C29H31ClN4O2S. The number of carbonyl (C=O) groups is 1. The molecule has 37 heavy (non-hydrogen) atoms. The monoisotopic (exact) mass is 534 g/mol. The highest BCUT2D eigenvalue weighted by atomic mass is 35.5. The summed E-state index contributed by atoms with van der Waals surface area (Å²) in [6.07, 6.45) is 4.85. The van der Waals surface area contributed by atoms with E-state index in [0.717, 1.165) is 85.1 Å². The van der Waals surface area contributed by atoms with E-state index >= 15 is 0 Å². The highest BCUT2D eigenvalue weighted by molar-refractivity contribution is 7.08. The molecule has 4 aromatic rings. The molecule has 2 aromatic carbocycles. The number of thiophene rings is 1. The Kier molecular flexibility index (Phi) is 7.29. The van der Waals surface area contributed by atoms with E-state index in [1.165, 1.54) is 0 Å². The van der Waals surface area contributed by atoms with Crippen molar-refractivity contribution in [2.45, 2.75) is 44.2 Å². The van der Waals surface area contributed by atoms with E-state index in [1.807, 2.05) is 30.3 Å². The highest BCUT2D eigenvalue weighted by Gasteiger charge is 2.30. The van der Waals surface area contributed by atoms with E-state index in [0.29, 0.717) is 17.2 Å². The summed E-state index contributed by atoms with van der Waals surface area (Å²) in [5.41, 5.74) is 4.80. The van der Waals surface area contributed by atoms with Crippen molar-refractivity contribution in [1.82, 2.24) is 20.4 Å². The lowest BCUT2D eigenvalue weighted by molar-refractivity contribution is -0.123. The van der Waals surface area contributed by atoms with E-state index < -0.39 is 0 Å². The normalized spacial score (nSPS) is 17.9. The maximum atomic E-state index is 13.6. The third kappa shape index (κ3) is 5.32. The lowest BCUT2D eigenvalue weighted by atomic mass is 9.97. The second-order valence-electron chi connectivity index (χ2n) is 10.0. The van der Waals surface area contributed by atoms with Crippen molar-refractivity contribution in [1.29, 1.82) is 0 Å². The summed E-state index contributed by atoms with van der Waals surface area (Å²) in [6.45, 7) is 3.90. The number of Topliss-reactive ketones (excluding diaryl/α,β-unsaturated/α-hetero) is 1. The van der Waals surface area contributed by atoms with Crippen LogP contribution in [0.15, 0.2) is 53.2 Å². The van der Waals surface area contributed by atoms with Crippen LogP contribution in [0.1, 0.15) is 42.9 Å². The van der Waals surface area contributed by atoms with Crippen molar-refractivity contribution in [2.75, 3.05) is 26.2 Å². The van der Waals surface area contributed by atoms with Crippen LogP contribution in [0.4, 0.5) is 0 Å². The molecule has 192 valence electrons. The first-order valence-electron chi connectivity index (χ1n) is 13.1. The van der Waals surface area contributed by atoms with Gasteiger partial charge in [-0.1, -0.05) is 17.7 Å². The van der Waals surface area contributed by atoms with Crippen LogP contribution in [-0.2, 0) is 11.2 Å². The molecule has 0 radical (unpaired) electrons. The first-order valence-corrected chi connectivity index (χ1v) is 14.4. The van der Waals surface area contributed by atoms with Crippen molar-refractivity contribution >= 4 is 39.6 Å². The fraction of sp³-hybridized carbons (Fsp3) is 0.379. The SMILES string of the molecule is O=C(Cc1ccc2[nH]nc(-c3ccc(OC4CCNCC4)c(Cl)c3)c2c1)C(c1ccsc1)N1CCCC1. The summed E-state index contributed by atoms with van der Waals surface area (Å²) in [4.78, 5) is 15.9. The number of piperidine rings is 1. The predicted molar refractivity (Wildman–Crippen MR) is 150 cm³/mol. The molecule has 0 aliphatic carbocycles. The molecule has 2 aliphatic heterocycles. The molecule has 6 rings (SSSR count). The maximum absolute atomic E-state index is 13.6. The van der Waals surface area contributed by atoms with Crippen molar-refractivity contribution in [3.8, 4) is 17.0 Å². The molecule has 2 N–H and O–H groups in total. The Balaban J connectivity index is 1.24. The second-order valence-corrected chi connectivity index (χ2v) is 11.2. The minimum absolute atomic E-state index is 0.167. The van der Waals surface area contributed by atoms with Gasteiger partial charge >= 0.3 is 0 Å². The number of benzene rings is 2. The van der Waals surface area contributed by atoms with Gasteiger partial charge in [-0.15, -0.1) is 0 Å². The van der Waals surface area contributed by atoms with Gasteiger partial charge in [0.25, 0.3) is 0 Å². The molecule has 0 spiro atoms. The fourth-order valence-corrected chi connectivity index (χ4v) is 6.46. The summed E-state index contributed by atoms with van der Waals surface area (Å²) >= 11 is 8.29. The van der Waals surface area contributed by atoms with Gasteiger partial charge in [-0.2, -0.15) is 16.4 Å². The van der Waals surface area contributed by atoms with Gasteiger partial charge in [0.05, 0.1) is 22.3 Å². The first kappa shape index (κ1) is 24.6. The third-order valence-electron chi connectivity index (χ3n) is 7.46. The maximum Gasteiger partial charge on any atom is 0.158 e. The zero-order valence-electron chi connectivity index (χ0n) is 20.7. The molecular weight excluding hydrogens is 504 g/mol. The smallest absolute Gasteiger partial charge is 0.158 e. The summed E-state index contributed by atoms with van der Waals surface area (Å²) in [5, 5.41) is 16.8. The number of aromatic nitrogens is 2. The van der Waals surface area contributed by atoms with Crippen LogP contribution in [0.3, 0.4) is 0 Å². The molecule has 8 heteroatoms. The number of nitrogens with zero attached hydrogens (tertiary/aromatic N) is 2.